The fourth-order valence-electron chi connectivity index (χ4n) is 2.73. The van der Waals surface area contributed by atoms with Crippen LogP contribution in [0.3, 0.4) is 0 Å². The maximum atomic E-state index is 11.9. The molecule has 0 radical (unpaired) electrons. The lowest BCUT2D eigenvalue weighted by Gasteiger charge is -2.25. The molecule has 2 N–H and O–H groups in total. The molecule has 7 heteroatoms. The summed E-state index contributed by atoms with van der Waals surface area (Å²) in [5, 5.41) is 7.34. The molecule has 1 aliphatic heterocycles. The minimum absolute atomic E-state index is 0.0447. The number of nitrogens with zero attached hydrogens (tertiary/aromatic N) is 2. The Hall–Kier alpha value is -1.79. The van der Waals surface area contributed by atoms with Crippen molar-refractivity contribution in [2.75, 3.05) is 33.8 Å². The number of likely N-dealkylation sites (N-methyl/N-ethyl adjacent to an activating group) is 1. The molecular formula is C19H29ClN4O2. The highest BCUT2D eigenvalue weighted by atomic mass is 35.5. The molecule has 26 heavy (non-hydrogen) atoms. The van der Waals surface area contributed by atoms with Crippen LogP contribution in [0.2, 0.25) is 5.02 Å². The number of carbonyl (C=O) groups is 1. The molecule has 1 aliphatic rings. The van der Waals surface area contributed by atoms with Crippen LogP contribution in [-0.4, -0.2) is 56.7 Å². The molecular weight excluding hydrogens is 352 g/mol. The van der Waals surface area contributed by atoms with Crippen LogP contribution in [0.1, 0.15) is 37.8 Å². The Morgan fingerprint density at radius 2 is 2.15 bits per heavy atom. The summed E-state index contributed by atoms with van der Waals surface area (Å²) in [4.78, 5) is 17.8. The molecule has 0 saturated carbocycles. The summed E-state index contributed by atoms with van der Waals surface area (Å²) in [7, 11) is 3.45. The van der Waals surface area contributed by atoms with Gasteiger partial charge in [0.1, 0.15) is 6.54 Å². The van der Waals surface area contributed by atoms with Crippen LogP contribution in [0.4, 0.5) is 0 Å². The fraction of sp³-hybridized carbons (Fsp3) is 0.579. The minimum atomic E-state index is -0.0505. The number of aliphatic imine (C=N–C) groups is 1. The molecule has 1 aromatic carbocycles. The number of benzene rings is 1. The maximum absolute atomic E-state index is 11.9. The third-order valence-corrected chi connectivity index (χ3v) is 4.71. The lowest BCUT2D eigenvalue weighted by atomic mass is 10.1. The molecule has 0 bridgehead atoms. The van der Waals surface area contributed by atoms with Gasteiger partial charge in [0, 0.05) is 32.3 Å². The normalized spacial score (nSPS) is 18.9. The van der Waals surface area contributed by atoms with Crippen molar-refractivity contribution < 1.29 is 9.53 Å². The monoisotopic (exact) mass is 380 g/mol. The second kappa shape index (κ2) is 10.4. The molecule has 0 aromatic heterocycles. The summed E-state index contributed by atoms with van der Waals surface area (Å²) >= 11 is 6.29. The van der Waals surface area contributed by atoms with Crippen LogP contribution in [0.15, 0.2) is 29.3 Å². The van der Waals surface area contributed by atoms with Crippen LogP contribution < -0.4 is 10.6 Å². The van der Waals surface area contributed by atoms with Crippen molar-refractivity contribution in [3.05, 3.63) is 34.9 Å². The topological polar surface area (TPSA) is 66.0 Å². The minimum Gasteiger partial charge on any atom is -0.376 e. The zero-order valence-electron chi connectivity index (χ0n) is 15.8. The van der Waals surface area contributed by atoms with Crippen molar-refractivity contribution in [1.29, 1.82) is 0 Å². The van der Waals surface area contributed by atoms with Gasteiger partial charge in [-0.1, -0.05) is 29.8 Å². The number of rotatable bonds is 6. The first-order valence-electron chi connectivity index (χ1n) is 9.08. The first kappa shape index (κ1) is 20.5. The van der Waals surface area contributed by atoms with Crippen LogP contribution in [0.5, 0.6) is 0 Å². The Bertz CT molecular complexity index is 615. The van der Waals surface area contributed by atoms with Crippen molar-refractivity contribution in [2.45, 2.75) is 38.3 Å². The maximum Gasteiger partial charge on any atom is 0.243 e. The second-order valence-electron chi connectivity index (χ2n) is 6.71. The average Bonchev–Trinajstić information content (AvgIpc) is 2.64. The van der Waals surface area contributed by atoms with Crippen LogP contribution in [-0.2, 0) is 9.53 Å². The van der Waals surface area contributed by atoms with E-state index < -0.39 is 0 Å². The smallest absolute Gasteiger partial charge is 0.243 e. The molecule has 0 spiro atoms. The van der Waals surface area contributed by atoms with E-state index in [4.69, 9.17) is 16.3 Å². The quantitative estimate of drug-likeness (QED) is 0.588. The lowest BCUT2D eigenvalue weighted by molar-refractivity contribution is -0.127. The highest BCUT2D eigenvalue weighted by Gasteiger charge is 2.16. The Morgan fingerprint density at radius 1 is 1.38 bits per heavy atom. The number of halogens is 1. The Kier molecular flexibility index (Phi) is 8.19. The summed E-state index contributed by atoms with van der Waals surface area (Å²) in [6.07, 6.45) is 3.52. The molecule has 1 amide bonds. The van der Waals surface area contributed by atoms with Crippen molar-refractivity contribution in [1.82, 2.24) is 15.5 Å². The molecule has 1 saturated heterocycles. The molecule has 6 nitrogen and oxygen atoms in total. The predicted octanol–water partition coefficient (Wildman–Crippen LogP) is 2.59. The van der Waals surface area contributed by atoms with E-state index in [0.717, 1.165) is 25.0 Å². The first-order chi connectivity index (χ1) is 12.5. The molecule has 1 fully saturated rings. The van der Waals surface area contributed by atoms with Crippen LogP contribution in [0, 0.1) is 0 Å². The van der Waals surface area contributed by atoms with Crippen molar-refractivity contribution in [3.8, 4) is 0 Å². The van der Waals surface area contributed by atoms with Gasteiger partial charge in [-0.3, -0.25) is 4.79 Å². The summed E-state index contributed by atoms with van der Waals surface area (Å²) < 4.78 is 5.76. The molecule has 1 aromatic rings. The van der Waals surface area contributed by atoms with Crippen molar-refractivity contribution in [2.24, 2.45) is 4.99 Å². The number of amides is 1. The van der Waals surface area contributed by atoms with E-state index in [1.807, 2.05) is 31.2 Å². The number of ether oxygens (including phenoxy) is 1. The van der Waals surface area contributed by atoms with Crippen LogP contribution >= 0.6 is 11.6 Å². The van der Waals surface area contributed by atoms with Gasteiger partial charge in [-0.2, -0.15) is 0 Å². The van der Waals surface area contributed by atoms with Gasteiger partial charge in [-0.25, -0.2) is 4.99 Å². The van der Waals surface area contributed by atoms with E-state index >= 15 is 0 Å². The van der Waals surface area contributed by atoms with Gasteiger partial charge in [-0.05, 0) is 37.8 Å². The highest BCUT2D eigenvalue weighted by molar-refractivity contribution is 6.31. The SMILES string of the molecule is CC(NC(=NCC(=O)N(C)C)NCC1CCCCO1)c1ccccc1Cl. The average molecular weight is 381 g/mol. The molecule has 1 heterocycles. The Labute approximate surface area is 161 Å². The summed E-state index contributed by atoms with van der Waals surface area (Å²) in [6.45, 7) is 3.57. The van der Waals surface area contributed by atoms with Gasteiger partial charge in [0.05, 0.1) is 12.1 Å². The summed E-state index contributed by atoms with van der Waals surface area (Å²) in [5.74, 6) is 0.534. The third kappa shape index (κ3) is 6.50. The van der Waals surface area contributed by atoms with E-state index in [0.29, 0.717) is 17.5 Å². The molecule has 2 unspecified atom stereocenters. The first-order valence-corrected chi connectivity index (χ1v) is 9.46. The number of hydrogen-bond acceptors (Lipinski definition) is 3. The highest BCUT2D eigenvalue weighted by Crippen LogP contribution is 2.22. The fourth-order valence-corrected chi connectivity index (χ4v) is 3.03. The Morgan fingerprint density at radius 3 is 2.81 bits per heavy atom. The lowest BCUT2D eigenvalue weighted by Crippen LogP contribution is -2.44. The van der Waals surface area contributed by atoms with Gasteiger partial charge < -0.3 is 20.3 Å². The van der Waals surface area contributed by atoms with E-state index in [9.17, 15) is 4.79 Å². The molecule has 2 rings (SSSR count). The van der Waals surface area contributed by atoms with Gasteiger partial charge in [0.15, 0.2) is 5.96 Å². The summed E-state index contributed by atoms with van der Waals surface area (Å²) in [5.41, 5.74) is 0.983. The third-order valence-electron chi connectivity index (χ3n) is 4.37. The van der Waals surface area contributed by atoms with E-state index in [1.54, 1.807) is 14.1 Å². The number of hydrogen-bond donors (Lipinski definition) is 2. The zero-order chi connectivity index (χ0) is 18.9. The predicted molar refractivity (Wildman–Crippen MR) is 106 cm³/mol. The standard InChI is InChI=1S/C19H29ClN4O2/c1-14(16-9-4-5-10-17(16)20)23-19(22-13-18(25)24(2)3)21-12-15-8-6-7-11-26-15/h4-5,9-10,14-15H,6-8,11-13H2,1-3H3,(H2,21,22,23). The molecule has 0 aliphatic carbocycles. The summed E-state index contributed by atoms with van der Waals surface area (Å²) in [6, 6.07) is 7.66. The number of nitrogens with one attached hydrogen (secondary N) is 2. The van der Waals surface area contributed by atoms with E-state index in [-0.39, 0.29) is 24.6 Å². The zero-order valence-corrected chi connectivity index (χ0v) is 16.6. The van der Waals surface area contributed by atoms with Gasteiger partial charge in [0.2, 0.25) is 5.91 Å². The van der Waals surface area contributed by atoms with Gasteiger partial charge in [0.25, 0.3) is 0 Å². The number of carbonyl (C=O) groups excluding carboxylic acids is 1. The molecule has 144 valence electrons. The second-order valence-corrected chi connectivity index (χ2v) is 7.12. The molecule has 2 atom stereocenters. The van der Waals surface area contributed by atoms with E-state index in [2.05, 4.69) is 15.6 Å². The van der Waals surface area contributed by atoms with Crippen molar-refractivity contribution >= 4 is 23.5 Å². The van der Waals surface area contributed by atoms with Gasteiger partial charge >= 0.3 is 0 Å². The van der Waals surface area contributed by atoms with Gasteiger partial charge in [-0.15, -0.1) is 0 Å². The largest absolute Gasteiger partial charge is 0.376 e. The van der Waals surface area contributed by atoms with E-state index in [1.165, 1.54) is 11.3 Å². The Balaban J connectivity index is 2.02. The number of guanidine groups is 1. The van der Waals surface area contributed by atoms with Crippen LogP contribution in [0.25, 0.3) is 0 Å². The van der Waals surface area contributed by atoms with Crippen molar-refractivity contribution in [3.63, 3.8) is 0 Å².